The average Bonchev–Trinajstić information content (AvgIpc) is 2.27. The maximum atomic E-state index is 12.0. The van der Waals surface area contributed by atoms with Gasteiger partial charge in [-0.1, -0.05) is 26.2 Å². The van der Waals surface area contributed by atoms with Gasteiger partial charge in [-0.3, -0.25) is 4.99 Å². The highest BCUT2D eigenvalue weighted by molar-refractivity contribution is 5.80. The smallest absolute Gasteiger partial charge is 0.357 e. The second-order valence-electron chi connectivity index (χ2n) is 4.67. The fraction of sp³-hybridized carbons (Fsp3) is 0.923. The van der Waals surface area contributed by atoms with E-state index in [4.69, 9.17) is 0 Å². The highest BCUT2D eigenvalue weighted by atomic mass is 19.4. The van der Waals surface area contributed by atoms with Crippen molar-refractivity contribution in [2.45, 2.75) is 65.1 Å². The summed E-state index contributed by atoms with van der Waals surface area (Å²) in [6, 6.07) is 0.218. The average molecular weight is 281 g/mol. The van der Waals surface area contributed by atoms with Crippen molar-refractivity contribution in [1.82, 2.24) is 10.6 Å². The molecule has 0 aliphatic carbocycles. The minimum absolute atomic E-state index is 0.218. The number of guanidine groups is 1. The summed E-state index contributed by atoms with van der Waals surface area (Å²) in [6.07, 6.45) is -0.578. The fourth-order valence-corrected chi connectivity index (χ4v) is 1.62. The van der Waals surface area contributed by atoms with Gasteiger partial charge in [0.05, 0.1) is 13.0 Å². The van der Waals surface area contributed by atoms with Gasteiger partial charge >= 0.3 is 6.18 Å². The van der Waals surface area contributed by atoms with Crippen molar-refractivity contribution in [3.8, 4) is 0 Å². The zero-order chi connectivity index (χ0) is 14.7. The second-order valence-corrected chi connectivity index (χ2v) is 4.67. The van der Waals surface area contributed by atoms with Gasteiger partial charge in [0.1, 0.15) is 0 Å². The summed E-state index contributed by atoms with van der Waals surface area (Å²) in [5, 5.41) is 6.10. The van der Waals surface area contributed by atoms with E-state index in [1.807, 2.05) is 13.8 Å². The Balaban J connectivity index is 4.12. The lowest BCUT2D eigenvalue weighted by atomic mass is 10.1. The van der Waals surface area contributed by atoms with Crippen molar-refractivity contribution >= 4 is 5.96 Å². The Morgan fingerprint density at radius 1 is 1.21 bits per heavy atom. The van der Waals surface area contributed by atoms with Crippen LogP contribution in [0.4, 0.5) is 13.2 Å². The van der Waals surface area contributed by atoms with Gasteiger partial charge in [0.2, 0.25) is 0 Å². The Bertz CT molecular complexity index is 252. The Hall–Kier alpha value is -0.940. The number of aliphatic imine (C=N–C) groups is 1. The van der Waals surface area contributed by atoms with Gasteiger partial charge in [0.15, 0.2) is 5.96 Å². The lowest BCUT2D eigenvalue weighted by Gasteiger charge is -2.17. The molecule has 0 heterocycles. The first kappa shape index (κ1) is 18.1. The van der Waals surface area contributed by atoms with Crippen LogP contribution >= 0.6 is 0 Å². The number of alkyl halides is 3. The van der Waals surface area contributed by atoms with E-state index >= 15 is 0 Å². The molecular weight excluding hydrogens is 255 g/mol. The number of halogens is 3. The van der Waals surface area contributed by atoms with Gasteiger partial charge in [-0.25, -0.2) is 0 Å². The molecule has 0 rings (SSSR count). The van der Waals surface area contributed by atoms with Crippen molar-refractivity contribution in [2.24, 2.45) is 4.99 Å². The third-order valence-electron chi connectivity index (χ3n) is 2.63. The Labute approximate surface area is 114 Å². The first-order valence-electron chi connectivity index (χ1n) is 7.00. The highest BCUT2D eigenvalue weighted by Gasteiger charge is 2.26. The van der Waals surface area contributed by atoms with Crippen LogP contribution in [-0.2, 0) is 0 Å². The molecule has 1 atom stereocenters. The Kier molecular flexibility index (Phi) is 9.43. The summed E-state index contributed by atoms with van der Waals surface area (Å²) < 4.78 is 36.1. The van der Waals surface area contributed by atoms with Crippen LogP contribution < -0.4 is 10.6 Å². The van der Waals surface area contributed by atoms with E-state index in [-0.39, 0.29) is 12.6 Å². The third-order valence-corrected chi connectivity index (χ3v) is 2.63. The predicted octanol–water partition coefficient (Wildman–Crippen LogP) is 3.46. The van der Waals surface area contributed by atoms with Crippen LogP contribution in [-0.4, -0.2) is 31.3 Å². The maximum absolute atomic E-state index is 12.0. The van der Waals surface area contributed by atoms with Crippen molar-refractivity contribution in [3.63, 3.8) is 0 Å². The summed E-state index contributed by atoms with van der Waals surface area (Å²) in [5.74, 6) is 0.468. The van der Waals surface area contributed by atoms with E-state index in [9.17, 15) is 13.2 Å². The molecule has 0 aromatic carbocycles. The number of nitrogens with zero attached hydrogens (tertiary/aromatic N) is 1. The van der Waals surface area contributed by atoms with E-state index in [0.29, 0.717) is 12.5 Å². The first-order chi connectivity index (χ1) is 8.89. The van der Waals surface area contributed by atoms with Crippen LogP contribution in [0.5, 0.6) is 0 Å². The second kappa shape index (κ2) is 9.92. The van der Waals surface area contributed by atoms with Crippen molar-refractivity contribution in [3.05, 3.63) is 0 Å². The van der Waals surface area contributed by atoms with Crippen molar-refractivity contribution < 1.29 is 13.2 Å². The first-order valence-corrected chi connectivity index (χ1v) is 7.00. The topological polar surface area (TPSA) is 36.4 Å². The van der Waals surface area contributed by atoms with Gasteiger partial charge in [-0.15, -0.1) is 0 Å². The minimum Gasteiger partial charge on any atom is -0.357 e. The molecule has 1 unspecified atom stereocenters. The number of nitrogens with one attached hydrogen (secondary N) is 2. The van der Waals surface area contributed by atoms with E-state index in [0.717, 1.165) is 19.3 Å². The Morgan fingerprint density at radius 3 is 2.42 bits per heavy atom. The van der Waals surface area contributed by atoms with Gasteiger partial charge in [-0.05, 0) is 20.3 Å². The van der Waals surface area contributed by atoms with E-state index in [1.54, 1.807) is 0 Å². The molecule has 0 saturated heterocycles. The summed E-state index contributed by atoms with van der Waals surface area (Å²) in [6.45, 7) is 6.45. The normalized spacial score (nSPS) is 14.3. The number of hydrogen-bond donors (Lipinski definition) is 2. The molecule has 0 aromatic rings. The van der Waals surface area contributed by atoms with Gasteiger partial charge in [0, 0.05) is 12.6 Å². The van der Waals surface area contributed by atoms with Crippen LogP contribution in [0.1, 0.15) is 52.9 Å². The van der Waals surface area contributed by atoms with Gasteiger partial charge in [-0.2, -0.15) is 13.2 Å². The number of hydrogen-bond acceptors (Lipinski definition) is 1. The van der Waals surface area contributed by atoms with Gasteiger partial charge in [0.25, 0.3) is 0 Å². The summed E-state index contributed by atoms with van der Waals surface area (Å²) in [7, 11) is 0. The molecule has 0 fully saturated rings. The minimum atomic E-state index is -4.15. The molecule has 114 valence electrons. The lowest BCUT2D eigenvalue weighted by Crippen LogP contribution is -2.42. The monoisotopic (exact) mass is 281 g/mol. The summed E-state index contributed by atoms with van der Waals surface area (Å²) >= 11 is 0. The molecule has 0 spiro atoms. The van der Waals surface area contributed by atoms with E-state index < -0.39 is 12.6 Å². The van der Waals surface area contributed by atoms with Crippen LogP contribution in [0.3, 0.4) is 0 Å². The third kappa shape index (κ3) is 11.9. The van der Waals surface area contributed by atoms with Crippen molar-refractivity contribution in [1.29, 1.82) is 0 Å². The number of unbranched alkanes of at least 4 members (excludes halogenated alkanes) is 2. The number of rotatable bonds is 8. The SMILES string of the molecule is CCCCCC(C)NC(=NCCC(F)(F)F)NCC. The van der Waals surface area contributed by atoms with Crippen LogP contribution in [0.2, 0.25) is 0 Å². The highest BCUT2D eigenvalue weighted by Crippen LogP contribution is 2.18. The van der Waals surface area contributed by atoms with E-state index in [2.05, 4.69) is 22.5 Å². The molecule has 0 saturated carbocycles. The van der Waals surface area contributed by atoms with Crippen LogP contribution in [0, 0.1) is 0 Å². The molecule has 0 radical (unpaired) electrons. The van der Waals surface area contributed by atoms with Crippen molar-refractivity contribution in [2.75, 3.05) is 13.1 Å². The standard InChI is InChI=1S/C13H26F3N3/c1-4-6-7-8-11(3)19-12(17-5-2)18-10-9-13(14,15)16/h11H,4-10H2,1-3H3,(H2,17,18,19). The molecular formula is C13H26F3N3. The molecule has 0 aromatic heterocycles. The van der Waals surface area contributed by atoms with Crippen LogP contribution in [0.15, 0.2) is 4.99 Å². The summed E-state index contributed by atoms with van der Waals surface area (Å²) in [4.78, 5) is 3.94. The molecule has 0 amide bonds. The predicted molar refractivity (Wildman–Crippen MR) is 73.4 cm³/mol. The Morgan fingerprint density at radius 2 is 1.89 bits per heavy atom. The molecule has 19 heavy (non-hydrogen) atoms. The molecule has 0 bridgehead atoms. The molecule has 0 aliphatic heterocycles. The summed E-state index contributed by atoms with van der Waals surface area (Å²) in [5.41, 5.74) is 0. The lowest BCUT2D eigenvalue weighted by molar-refractivity contribution is -0.132. The van der Waals surface area contributed by atoms with E-state index in [1.165, 1.54) is 6.42 Å². The van der Waals surface area contributed by atoms with Gasteiger partial charge < -0.3 is 10.6 Å². The molecule has 6 heteroatoms. The zero-order valence-corrected chi connectivity index (χ0v) is 12.1. The molecule has 2 N–H and O–H groups in total. The molecule has 0 aliphatic rings. The fourth-order valence-electron chi connectivity index (χ4n) is 1.62. The van der Waals surface area contributed by atoms with Crippen LogP contribution in [0.25, 0.3) is 0 Å². The maximum Gasteiger partial charge on any atom is 0.390 e. The zero-order valence-electron chi connectivity index (χ0n) is 12.1. The largest absolute Gasteiger partial charge is 0.390 e. The molecule has 3 nitrogen and oxygen atoms in total. The quantitative estimate of drug-likeness (QED) is 0.406.